The number of halogens is 2. The predicted molar refractivity (Wildman–Crippen MR) is 104 cm³/mol. The summed E-state index contributed by atoms with van der Waals surface area (Å²) in [6.07, 6.45) is 1.44. The van der Waals surface area contributed by atoms with Crippen LogP contribution in [-0.2, 0) is 11.2 Å². The number of carbonyl (C=O) groups excluding carboxylic acids is 1. The summed E-state index contributed by atoms with van der Waals surface area (Å²) >= 11 is 12.0. The molecule has 1 aromatic carbocycles. The van der Waals surface area contributed by atoms with Crippen molar-refractivity contribution in [1.82, 2.24) is 15.3 Å². The minimum Gasteiger partial charge on any atom is -0.385 e. The van der Waals surface area contributed by atoms with Gasteiger partial charge in [0.1, 0.15) is 5.69 Å². The molecule has 0 aliphatic heterocycles. The average Bonchev–Trinajstić information content (AvgIpc) is 2.60. The molecular formula is C18H22Cl2N4O2. The number of nitrogens with one attached hydrogen (secondary N) is 2. The van der Waals surface area contributed by atoms with Crippen LogP contribution in [0.3, 0.4) is 0 Å². The van der Waals surface area contributed by atoms with Gasteiger partial charge in [0, 0.05) is 42.5 Å². The lowest BCUT2D eigenvalue weighted by Gasteiger charge is -2.09. The SMILES string of the molecule is COCCCNc1nc(C)cc(C(=O)NCCc2ccc(Cl)cc2Cl)n1. The number of methoxy groups -OCH3 is 1. The number of nitrogens with zero attached hydrogens (tertiary/aromatic N) is 2. The quantitative estimate of drug-likeness (QED) is 0.634. The molecule has 0 fully saturated rings. The van der Waals surface area contributed by atoms with E-state index in [1.807, 2.05) is 13.0 Å². The molecule has 26 heavy (non-hydrogen) atoms. The van der Waals surface area contributed by atoms with E-state index >= 15 is 0 Å². The molecule has 0 saturated heterocycles. The Morgan fingerprint density at radius 3 is 2.73 bits per heavy atom. The molecule has 1 aromatic heterocycles. The normalized spacial score (nSPS) is 10.6. The van der Waals surface area contributed by atoms with E-state index in [0.29, 0.717) is 47.8 Å². The van der Waals surface area contributed by atoms with Crippen molar-refractivity contribution >= 4 is 35.1 Å². The summed E-state index contributed by atoms with van der Waals surface area (Å²) in [5.74, 6) is 0.188. The molecule has 6 nitrogen and oxygen atoms in total. The Labute approximate surface area is 163 Å². The zero-order chi connectivity index (χ0) is 18.9. The molecule has 2 N–H and O–H groups in total. The number of benzene rings is 1. The maximum Gasteiger partial charge on any atom is 0.270 e. The minimum atomic E-state index is -0.250. The fourth-order valence-electron chi connectivity index (χ4n) is 2.31. The molecule has 0 spiro atoms. The van der Waals surface area contributed by atoms with Gasteiger partial charge in [-0.2, -0.15) is 0 Å². The van der Waals surface area contributed by atoms with E-state index in [1.54, 1.807) is 25.3 Å². The lowest BCUT2D eigenvalue weighted by Crippen LogP contribution is -2.27. The summed E-state index contributed by atoms with van der Waals surface area (Å²) in [7, 11) is 1.66. The Hall–Kier alpha value is -1.89. The van der Waals surface area contributed by atoms with Crippen LogP contribution in [0.1, 0.15) is 28.2 Å². The van der Waals surface area contributed by atoms with Crippen LogP contribution < -0.4 is 10.6 Å². The third kappa shape index (κ3) is 6.44. The monoisotopic (exact) mass is 396 g/mol. The molecule has 0 atom stereocenters. The van der Waals surface area contributed by atoms with Crippen molar-refractivity contribution in [3.05, 3.63) is 51.3 Å². The van der Waals surface area contributed by atoms with E-state index in [1.165, 1.54) is 0 Å². The smallest absolute Gasteiger partial charge is 0.270 e. The Morgan fingerprint density at radius 2 is 2.00 bits per heavy atom. The van der Waals surface area contributed by atoms with Gasteiger partial charge in [-0.25, -0.2) is 9.97 Å². The van der Waals surface area contributed by atoms with Gasteiger partial charge < -0.3 is 15.4 Å². The first-order valence-corrected chi connectivity index (χ1v) is 9.06. The Morgan fingerprint density at radius 1 is 1.19 bits per heavy atom. The molecule has 0 aliphatic carbocycles. The Bertz CT molecular complexity index is 756. The second-order valence-corrected chi connectivity index (χ2v) is 6.58. The second kappa shape index (κ2) is 10.3. The third-order valence-corrected chi connectivity index (χ3v) is 4.18. The van der Waals surface area contributed by atoms with Gasteiger partial charge in [0.05, 0.1) is 0 Å². The molecule has 0 radical (unpaired) electrons. The van der Waals surface area contributed by atoms with Crippen molar-refractivity contribution in [3.63, 3.8) is 0 Å². The highest BCUT2D eigenvalue weighted by Crippen LogP contribution is 2.21. The van der Waals surface area contributed by atoms with E-state index in [9.17, 15) is 4.79 Å². The number of aromatic nitrogens is 2. The van der Waals surface area contributed by atoms with Crippen LogP contribution in [0.15, 0.2) is 24.3 Å². The lowest BCUT2D eigenvalue weighted by molar-refractivity contribution is 0.0949. The maximum absolute atomic E-state index is 12.4. The van der Waals surface area contributed by atoms with Crippen molar-refractivity contribution in [3.8, 4) is 0 Å². The first kappa shape index (κ1) is 20.4. The second-order valence-electron chi connectivity index (χ2n) is 5.73. The number of hydrogen-bond donors (Lipinski definition) is 2. The number of amides is 1. The minimum absolute atomic E-state index is 0.250. The van der Waals surface area contributed by atoms with E-state index < -0.39 is 0 Å². The summed E-state index contributed by atoms with van der Waals surface area (Å²) < 4.78 is 5.00. The standard InChI is InChI=1S/C18H22Cl2N4O2/c1-12-10-16(24-18(23-12)22-7-3-9-26-2)17(25)21-8-6-13-4-5-14(19)11-15(13)20/h4-5,10-11H,3,6-9H2,1-2H3,(H,21,25)(H,22,23,24). The molecule has 0 saturated carbocycles. The molecule has 140 valence electrons. The molecule has 2 rings (SSSR count). The van der Waals surface area contributed by atoms with E-state index in [4.69, 9.17) is 27.9 Å². The largest absolute Gasteiger partial charge is 0.385 e. The van der Waals surface area contributed by atoms with Crippen LogP contribution in [-0.4, -0.2) is 42.7 Å². The summed E-state index contributed by atoms with van der Waals surface area (Å²) in [5.41, 5.74) is 1.98. The maximum atomic E-state index is 12.4. The van der Waals surface area contributed by atoms with Crippen LogP contribution in [0.4, 0.5) is 5.95 Å². The number of anilines is 1. The zero-order valence-corrected chi connectivity index (χ0v) is 16.3. The summed E-state index contributed by atoms with van der Waals surface area (Å²) in [5, 5.41) is 7.13. The molecule has 0 unspecified atom stereocenters. The Kier molecular flexibility index (Phi) is 8.09. The lowest BCUT2D eigenvalue weighted by atomic mass is 10.1. The first-order valence-electron chi connectivity index (χ1n) is 8.30. The van der Waals surface area contributed by atoms with Crippen molar-refractivity contribution < 1.29 is 9.53 Å². The molecule has 0 aliphatic rings. The molecule has 1 heterocycles. The van der Waals surface area contributed by atoms with Crippen LogP contribution >= 0.6 is 23.2 Å². The highest BCUT2D eigenvalue weighted by atomic mass is 35.5. The van der Waals surface area contributed by atoms with E-state index in [0.717, 1.165) is 17.7 Å². The van der Waals surface area contributed by atoms with Crippen LogP contribution in [0.2, 0.25) is 10.0 Å². The third-order valence-electron chi connectivity index (χ3n) is 3.59. The molecule has 8 heteroatoms. The van der Waals surface area contributed by atoms with Gasteiger partial charge in [-0.1, -0.05) is 29.3 Å². The van der Waals surface area contributed by atoms with Gasteiger partial charge in [0.15, 0.2) is 0 Å². The van der Waals surface area contributed by atoms with Gasteiger partial charge in [-0.3, -0.25) is 4.79 Å². The fourth-order valence-corrected chi connectivity index (χ4v) is 2.81. The van der Waals surface area contributed by atoms with E-state index in [-0.39, 0.29) is 5.91 Å². The number of ether oxygens (including phenoxy) is 1. The van der Waals surface area contributed by atoms with Crippen molar-refractivity contribution in [2.75, 3.05) is 32.1 Å². The van der Waals surface area contributed by atoms with Gasteiger partial charge in [0.25, 0.3) is 5.91 Å². The van der Waals surface area contributed by atoms with Gasteiger partial charge in [-0.05, 0) is 43.5 Å². The number of aryl methyl sites for hydroxylation is 1. The van der Waals surface area contributed by atoms with Crippen molar-refractivity contribution in [1.29, 1.82) is 0 Å². The van der Waals surface area contributed by atoms with Crippen LogP contribution in [0.5, 0.6) is 0 Å². The van der Waals surface area contributed by atoms with Gasteiger partial charge >= 0.3 is 0 Å². The highest BCUT2D eigenvalue weighted by molar-refractivity contribution is 6.35. The number of rotatable bonds is 9. The number of hydrogen-bond acceptors (Lipinski definition) is 5. The van der Waals surface area contributed by atoms with Crippen LogP contribution in [0.25, 0.3) is 0 Å². The number of carbonyl (C=O) groups is 1. The fraction of sp³-hybridized carbons (Fsp3) is 0.389. The van der Waals surface area contributed by atoms with Crippen LogP contribution in [0, 0.1) is 6.92 Å². The van der Waals surface area contributed by atoms with Gasteiger partial charge in [-0.15, -0.1) is 0 Å². The Balaban J connectivity index is 1.90. The molecule has 0 bridgehead atoms. The zero-order valence-electron chi connectivity index (χ0n) is 14.8. The first-order chi connectivity index (χ1) is 12.5. The molecule has 1 amide bonds. The summed E-state index contributed by atoms with van der Waals surface area (Å²) in [4.78, 5) is 20.9. The molecular weight excluding hydrogens is 375 g/mol. The van der Waals surface area contributed by atoms with Crippen molar-refractivity contribution in [2.24, 2.45) is 0 Å². The summed E-state index contributed by atoms with van der Waals surface area (Å²) in [6, 6.07) is 6.98. The topological polar surface area (TPSA) is 76.1 Å². The summed E-state index contributed by atoms with van der Waals surface area (Å²) in [6.45, 7) is 3.60. The van der Waals surface area contributed by atoms with Crippen molar-refractivity contribution in [2.45, 2.75) is 19.8 Å². The van der Waals surface area contributed by atoms with Gasteiger partial charge in [0.2, 0.25) is 5.95 Å². The predicted octanol–water partition coefficient (Wildman–Crippen LogP) is 3.51. The average molecular weight is 397 g/mol. The van der Waals surface area contributed by atoms with E-state index in [2.05, 4.69) is 20.6 Å². The highest BCUT2D eigenvalue weighted by Gasteiger charge is 2.11. The molecule has 2 aromatic rings.